The summed E-state index contributed by atoms with van der Waals surface area (Å²) in [4.78, 5) is 6.30. The van der Waals surface area contributed by atoms with Crippen molar-refractivity contribution in [2.75, 3.05) is 19.0 Å². The molecule has 0 fully saturated rings. The first kappa shape index (κ1) is 9.02. The monoisotopic (exact) mass is 190 g/mol. The third kappa shape index (κ3) is 1.33. The van der Waals surface area contributed by atoms with Gasteiger partial charge in [-0.05, 0) is 12.1 Å². The number of aromatic nitrogens is 2. The van der Waals surface area contributed by atoms with E-state index in [2.05, 4.69) is 16.0 Å². The van der Waals surface area contributed by atoms with Crippen molar-refractivity contribution in [3.63, 3.8) is 0 Å². The fourth-order valence-electron chi connectivity index (χ4n) is 1.47. The Morgan fingerprint density at radius 3 is 2.93 bits per heavy atom. The maximum atomic E-state index is 5.56. The molecule has 2 N–H and O–H groups in total. The normalized spacial score (nSPS) is 10.8. The number of pyridine rings is 1. The number of fused-ring (bicyclic) bond motifs is 1. The van der Waals surface area contributed by atoms with Gasteiger partial charge in [-0.3, -0.25) is 0 Å². The molecule has 0 aliphatic heterocycles. The first-order valence-corrected chi connectivity index (χ1v) is 4.56. The lowest BCUT2D eigenvalue weighted by atomic mass is 10.3. The molecule has 4 heteroatoms. The van der Waals surface area contributed by atoms with Gasteiger partial charge in [-0.15, -0.1) is 0 Å². The minimum atomic E-state index is 0.468. The minimum Gasteiger partial charge on any atom is -0.378 e. The molecule has 0 radical (unpaired) electrons. The van der Waals surface area contributed by atoms with Gasteiger partial charge in [-0.1, -0.05) is 0 Å². The van der Waals surface area contributed by atoms with Crippen LogP contribution in [-0.2, 0) is 6.54 Å². The van der Waals surface area contributed by atoms with Crippen LogP contribution < -0.4 is 10.6 Å². The van der Waals surface area contributed by atoms with Crippen LogP contribution in [0.4, 0.5) is 5.69 Å². The second kappa shape index (κ2) is 3.31. The van der Waals surface area contributed by atoms with Crippen molar-refractivity contribution in [3.8, 4) is 0 Å². The topological polar surface area (TPSA) is 46.6 Å². The van der Waals surface area contributed by atoms with Gasteiger partial charge in [0.2, 0.25) is 0 Å². The van der Waals surface area contributed by atoms with E-state index in [0.717, 1.165) is 11.3 Å². The smallest absolute Gasteiger partial charge is 0.127 e. The Bertz CT molecular complexity index is 444. The van der Waals surface area contributed by atoms with Crippen molar-refractivity contribution < 1.29 is 0 Å². The van der Waals surface area contributed by atoms with E-state index in [0.29, 0.717) is 6.54 Å². The third-order valence-corrected chi connectivity index (χ3v) is 2.29. The summed E-state index contributed by atoms with van der Waals surface area (Å²) in [6, 6.07) is 4.14. The van der Waals surface area contributed by atoms with Gasteiger partial charge in [-0.25, -0.2) is 4.98 Å². The number of nitrogens with zero attached hydrogens (tertiary/aromatic N) is 3. The van der Waals surface area contributed by atoms with Crippen LogP contribution in [0.5, 0.6) is 0 Å². The van der Waals surface area contributed by atoms with Crippen LogP contribution >= 0.6 is 0 Å². The lowest BCUT2D eigenvalue weighted by molar-refractivity contribution is 0.902. The van der Waals surface area contributed by atoms with E-state index in [4.69, 9.17) is 5.73 Å². The summed E-state index contributed by atoms with van der Waals surface area (Å²) in [5.41, 5.74) is 7.81. The predicted molar refractivity (Wildman–Crippen MR) is 57.4 cm³/mol. The molecule has 74 valence electrons. The molecule has 0 spiro atoms. The highest BCUT2D eigenvalue weighted by atomic mass is 15.1. The standard InChI is InChI=1S/C10H14N4/c1-13(2)8-3-4-14-9(5-8)7-12-10(14)6-11/h3-5,7H,6,11H2,1-2H3. The highest BCUT2D eigenvalue weighted by Crippen LogP contribution is 2.15. The Kier molecular flexibility index (Phi) is 2.13. The number of rotatable bonds is 2. The van der Waals surface area contributed by atoms with Crippen LogP contribution in [0.2, 0.25) is 0 Å². The van der Waals surface area contributed by atoms with Gasteiger partial charge in [-0.2, -0.15) is 0 Å². The molecule has 0 saturated heterocycles. The molecule has 0 amide bonds. The first-order chi connectivity index (χ1) is 6.72. The molecular formula is C10H14N4. The Balaban J connectivity index is 2.57. The molecule has 2 aromatic heterocycles. The van der Waals surface area contributed by atoms with Crippen molar-refractivity contribution in [3.05, 3.63) is 30.4 Å². The van der Waals surface area contributed by atoms with Gasteiger partial charge in [0.15, 0.2) is 0 Å². The van der Waals surface area contributed by atoms with E-state index in [9.17, 15) is 0 Å². The number of hydrogen-bond donors (Lipinski definition) is 1. The zero-order chi connectivity index (χ0) is 10.1. The number of imidazole rings is 1. The van der Waals surface area contributed by atoms with E-state index < -0.39 is 0 Å². The highest BCUT2D eigenvalue weighted by molar-refractivity contribution is 5.58. The van der Waals surface area contributed by atoms with Gasteiger partial charge in [0.05, 0.1) is 18.3 Å². The molecule has 0 aliphatic carbocycles. The van der Waals surface area contributed by atoms with Gasteiger partial charge < -0.3 is 15.0 Å². The number of anilines is 1. The molecule has 0 saturated carbocycles. The van der Waals surface area contributed by atoms with Crippen molar-refractivity contribution >= 4 is 11.2 Å². The Morgan fingerprint density at radius 1 is 1.50 bits per heavy atom. The van der Waals surface area contributed by atoms with Crippen LogP contribution in [0.15, 0.2) is 24.5 Å². The molecule has 2 aromatic rings. The molecule has 0 bridgehead atoms. The molecule has 0 unspecified atom stereocenters. The van der Waals surface area contributed by atoms with E-state index in [1.807, 2.05) is 37.0 Å². The van der Waals surface area contributed by atoms with Crippen LogP contribution in [-0.4, -0.2) is 23.5 Å². The van der Waals surface area contributed by atoms with Crippen LogP contribution in [0.25, 0.3) is 5.52 Å². The number of hydrogen-bond acceptors (Lipinski definition) is 3. The van der Waals surface area contributed by atoms with Crippen LogP contribution in [0.3, 0.4) is 0 Å². The van der Waals surface area contributed by atoms with E-state index in [1.54, 1.807) is 0 Å². The van der Waals surface area contributed by atoms with Gasteiger partial charge in [0.1, 0.15) is 5.82 Å². The fourth-order valence-corrected chi connectivity index (χ4v) is 1.47. The van der Waals surface area contributed by atoms with Crippen molar-refractivity contribution in [2.24, 2.45) is 5.73 Å². The lowest BCUT2D eigenvalue weighted by Gasteiger charge is -2.12. The third-order valence-electron chi connectivity index (χ3n) is 2.29. The average molecular weight is 190 g/mol. The maximum absolute atomic E-state index is 5.56. The Hall–Kier alpha value is -1.55. The van der Waals surface area contributed by atoms with Crippen LogP contribution in [0, 0.1) is 0 Å². The highest BCUT2D eigenvalue weighted by Gasteiger charge is 2.02. The van der Waals surface area contributed by atoms with Gasteiger partial charge in [0, 0.05) is 26.0 Å². The maximum Gasteiger partial charge on any atom is 0.127 e. The van der Waals surface area contributed by atoms with E-state index in [-0.39, 0.29) is 0 Å². The predicted octanol–water partition coefficient (Wildman–Crippen LogP) is 0.859. The Labute approximate surface area is 83.0 Å². The largest absolute Gasteiger partial charge is 0.378 e. The number of nitrogens with two attached hydrogens (primary N) is 1. The molecule has 0 aromatic carbocycles. The summed E-state index contributed by atoms with van der Waals surface area (Å²) < 4.78 is 2.01. The van der Waals surface area contributed by atoms with Gasteiger partial charge in [0.25, 0.3) is 0 Å². The quantitative estimate of drug-likeness (QED) is 0.764. The molecule has 2 heterocycles. The fraction of sp³-hybridized carbons (Fsp3) is 0.300. The molecule has 4 nitrogen and oxygen atoms in total. The summed E-state index contributed by atoms with van der Waals surface area (Å²) in [5, 5.41) is 0. The van der Waals surface area contributed by atoms with Crippen molar-refractivity contribution in [1.29, 1.82) is 0 Å². The second-order valence-corrected chi connectivity index (χ2v) is 3.45. The lowest BCUT2D eigenvalue weighted by Crippen LogP contribution is -2.09. The summed E-state index contributed by atoms with van der Waals surface area (Å²) >= 11 is 0. The zero-order valence-corrected chi connectivity index (χ0v) is 8.44. The minimum absolute atomic E-state index is 0.468. The summed E-state index contributed by atoms with van der Waals surface area (Å²) in [7, 11) is 4.04. The van der Waals surface area contributed by atoms with E-state index in [1.165, 1.54) is 5.69 Å². The zero-order valence-electron chi connectivity index (χ0n) is 8.44. The van der Waals surface area contributed by atoms with Crippen molar-refractivity contribution in [2.45, 2.75) is 6.54 Å². The van der Waals surface area contributed by atoms with E-state index >= 15 is 0 Å². The molecule has 0 atom stereocenters. The Morgan fingerprint density at radius 2 is 2.29 bits per heavy atom. The molecular weight excluding hydrogens is 176 g/mol. The van der Waals surface area contributed by atoms with Crippen LogP contribution in [0.1, 0.15) is 5.82 Å². The SMILES string of the molecule is CN(C)c1ccn2c(CN)ncc2c1. The molecule has 0 aliphatic rings. The first-order valence-electron chi connectivity index (χ1n) is 4.56. The molecule has 2 rings (SSSR count). The summed E-state index contributed by atoms with van der Waals surface area (Å²) in [6.07, 6.45) is 3.84. The average Bonchev–Trinajstić information content (AvgIpc) is 2.59. The molecule has 14 heavy (non-hydrogen) atoms. The summed E-state index contributed by atoms with van der Waals surface area (Å²) in [6.45, 7) is 0.468. The second-order valence-electron chi connectivity index (χ2n) is 3.45. The van der Waals surface area contributed by atoms with Crippen molar-refractivity contribution in [1.82, 2.24) is 9.38 Å². The summed E-state index contributed by atoms with van der Waals surface area (Å²) in [5.74, 6) is 0.894. The van der Waals surface area contributed by atoms with Gasteiger partial charge >= 0.3 is 0 Å².